The summed E-state index contributed by atoms with van der Waals surface area (Å²) in [5, 5.41) is 21.3. The third-order valence-corrected chi connectivity index (χ3v) is 4.03. The zero-order valence-corrected chi connectivity index (χ0v) is 15.2. The van der Waals surface area contributed by atoms with Crippen molar-refractivity contribution >= 4 is 11.4 Å². The van der Waals surface area contributed by atoms with Crippen LogP contribution in [0.4, 0.5) is 11.4 Å². The minimum atomic E-state index is 0.134. The van der Waals surface area contributed by atoms with Gasteiger partial charge in [0.25, 0.3) is 0 Å². The van der Waals surface area contributed by atoms with Crippen LogP contribution in [0.25, 0.3) is 0 Å². The number of anilines is 2. The molecule has 26 heavy (non-hydrogen) atoms. The number of nitrogens with two attached hydrogens (primary N) is 1. The molecule has 0 amide bonds. The van der Waals surface area contributed by atoms with Crippen LogP contribution in [0.1, 0.15) is 17.5 Å². The van der Waals surface area contributed by atoms with E-state index in [1.165, 1.54) is 12.1 Å². The number of phenolic OH excluding ortho intramolecular Hbond substituents is 2. The molecule has 0 saturated carbocycles. The van der Waals surface area contributed by atoms with Gasteiger partial charge in [0, 0.05) is 42.4 Å². The Morgan fingerprint density at radius 2 is 1.85 bits per heavy atom. The monoisotopic (exact) mass is 354 g/mol. The number of aromatic nitrogens is 2. The van der Waals surface area contributed by atoms with Crippen LogP contribution in [0, 0.1) is 13.8 Å². The fourth-order valence-corrected chi connectivity index (χ4v) is 2.31. The first-order valence-corrected chi connectivity index (χ1v) is 8.50. The van der Waals surface area contributed by atoms with Crippen molar-refractivity contribution in [2.45, 2.75) is 26.8 Å². The second kappa shape index (κ2) is 9.36. The number of imidazole rings is 1. The molecular weight excluding hydrogens is 328 g/mol. The smallest absolute Gasteiger partial charge is 0.122 e. The summed E-state index contributed by atoms with van der Waals surface area (Å²) in [6.45, 7) is 5.61. The normalized spacial score (nSPS) is 10.1. The van der Waals surface area contributed by atoms with Crippen LogP contribution in [0.3, 0.4) is 0 Å². The molecule has 0 spiro atoms. The number of benzene rings is 2. The van der Waals surface area contributed by atoms with Crippen LogP contribution in [-0.2, 0) is 6.54 Å². The number of nitrogen functional groups attached to an aromatic ring is 1. The molecule has 0 aliphatic rings. The van der Waals surface area contributed by atoms with E-state index in [4.69, 9.17) is 15.9 Å². The number of hydrogen-bond acceptors (Lipinski definition) is 5. The number of aryl methyl sites for hydroxylation is 2. The number of hydrogen-bond donors (Lipinski definition) is 4. The van der Waals surface area contributed by atoms with Crippen LogP contribution in [0.15, 0.2) is 55.1 Å². The van der Waals surface area contributed by atoms with E-state index in [1.807, 2.05) is 31.6 Å². The van der Waals surface area contributed by atoms with Crippen LogP contribution in [-0.4, -0.2) is 26.3 Å². The Balaban J connectivity index is 0.000000228. The summed E-state index contributed by atoms with van der Waals surface area (Å²) in [5.41, 5.74) is 9.38. The van der Waals surface area contributed by atoms with E-state index in [2.05, 4.69) is 20.9 Å². The first-order valence-electron chi connectivity index (χ1n) is 8.50. The fraction of sp³-hybridized carbons (Fsp3) is 0.250. The summed E-state index contributed by atoms with van der Waals surface area (Å²) >= 11 is 0. The summed E-state index contributed by atoms with van der Waals surface area (Å²) < 4.78 is 2.08. The van der Waals surface area contributed by atoms with Gasteiger partial charge in [0.05, 0.1) is 6.33 Å². The van der Waals surface area contributed by atoms with Crippen LogP contribution < -0.4 is 11.1 Å². The Bertz CT molecular complexity index is 796. The third kappa shape index (κ3) is 5.73. The average Bonchev–Trinajstić information content (AvgIpc) is 3.14. The van der Waals surface area contributed by atoms with E-state index in [0.717, 1.165) is 36.4 Å². The summed E-state index contributed by atoms with van der Waals surface area (Å²) in [6, 6.07) is 10.7. The molecule has 0 aliphatic heterocycles. The molecular formula is C20H26N4O2. The number of nitrogens with zero attached hydrogens (tertiary/aromatic N) is 2. The molecule has 1 heterocycles. The summed E-state index contributed by atoms with van der Waals surface area (Å²) in [5.74, 6) is 0.269. The summed E-state index contributed by atoms with van der Waals surface area (Å²) in [4.78, 5) is 4.01. The molecule has 0 fully saturated rings. The Hall–Kier alpha value is -3.15. The second-order valence-electron chi connectivity index (χ2n) is 6.07. The van der Waals surface area contributed by atoms with Gasteiger partial charge in [-0.15, -0.1) is 0 Å². The molecule has 0 bridgehead atoms. The molecule has 138 valence electrons. The van der Waals surface area contributed by atoms with E-state index in [0.29, 0.717) is 5.56 Å². The molecule has 3 aromatic rings. The van der Waals surface area contributed by atoms with Gasteiger partial charge in [-0.3, -0.25) is 0 Å². The van der Waals surface area contributed by atoms with Gasteiger partial charge in [-0.05, 0) is 56.2 Å². The van der Waals surface area contributed by atoms with Gasteiger partial charge in [-0.25, -0.2) is 4.98 Å². The molecule has 6 nitrogen and oxygen atoms in total. The lowest BCUT2D eigenvalue weighted by Gasteiger charge is -2.08. The molecule has 0 saturated heterocycles. The maximum Gasteiger partial charge on any atom is 0.122 e. The van der Waals surface area contributed by atoms with Crippen molar-refractivity contribution in [3.05, 3.63) is 66.2 Å². The average molecular weight is 354 g/mol. The number of phenols is 2. The predicted octanol–water partition coefficient (Wildman–Crippen LogP) is 3.68. The summed E-state index contributed by atoms with van der Waals surface area (Å²) in [6.07, 6.45) is 6.69. The molecule has 0 unspecified atom stereocenters. The quantitative estimate of drug-likeness (QED) is 0.414. The van der Waals surface area contributed by atoms with Crippen LogP contribution >= 0.6 is 0 Å². The highest BCUT2D eigenvalue weighted by Gasteiger charge is 1.98. The SMILES string of the molecule is Cc1c(O)cccc1O.Cc1cc(NCCCn2ccnc2)ccc1N. The highest BCUT2D eigenvalue weighted by molar-refractivity contribution is 5.56. The Morgan fingerprint density at radius 3 is 2.42 bits per heavy atom. The Kier molecular flexibility index (Phi) is 6.91. The minimum Gasteiger partial charge on any atom is -0.508 e. The molecule has 1 aromatic heterocycles. The first kappa shape index (κ1) is 19.2. The van der Waals surface area contributed by atoms with E-state index in [-0.39, 0.29) is 11.5 Å². The van der Waals surface area contributed by atoms with Crippen molar-refractivity contribution in [3.8, 4) is 11.5 Å². The van der Waals surface area contributed by atoms with Crippen molar-refractivity contribution in [3.63, 3.8) is 0 Å². The fourth-order valence-electron chi connectivity index (χ4n) is 2.31. The largest absolute Gasteiger partial charge is 0.508 e. The standard InChI is InChI=1S/C13H18N4.C7H8O2/c1-11-9-12(3-4-13(11)14)16-5-2-7-17-8-6-15-10-17;1-5-6(8)3-2-4-7(5)9/h3-4,6,8-10,16H,2,5,7,14H2,1H3;2-4,8-9H,1H3. The molecule has 0 atom stereocenters. The Morgan fingerprint density at radius 1 is 1.12 bits per heavy atom. The van der Waals surface area contributed by atoms with Crippen molar-refractivity contribution < 1.29 is 10.2 Å². The number of rotatable bonds is 5. The zero-order valence-electron chi connectivity index (χ0n) is 15.2. The summed E-state index contributed by atoms with van der Waals surface area (Å²) in [7, 11) is 0. The van der Waals surface area contributed by atoms with Gasteiger partial charge in [0.15, 0.2) is 0 Å². The number of aromatic hydroxyl groups is 2. The van der Waals surface area contributed by atoms with E-state index in [9.17, 15) is 0 Å². The topological polar surface area (TPSA) is 96.3 Å². The maximum absolute atomic E-state index is 8.94. The van der Waals surface area contributed by atoms with E-state index < -0.39 is 0 Å². The lowest BCUT2D eigenvalue weighted by molar-refractivity contribution is 0.443. The first-order chi connectivity index (χ1) is 12.5. The van der Waals surface area contributed by atoms with Gasteiger partial charge in [0.2, 0.25) is 0 Å². The molecule has 0 aliphatic carbocycles. The molecule has 5 N–H and O–H groups in total. The van der Waals surface area contributed by atoms with Crippen LogP contribution in [0.2, 0.25) is 0 Å². The molecule has 6 heteroatoms. The van der Waals surface area contributed by atoms with Gasteiger partial charge < -0.3 is 25.8 Å². The van der Waals surface area contributed by atoms with Crippen molar-refractivity contribution in [1.29, 1.82) is 0 Å². The maximum atomic E-state index is 8.94. The highest BCUT2D eigenvalue weighted by atomic mass is 16.3. The minimum absolute atomic E-state index is 0.134. The lowest BCUT2D eigenvalue weighted by atomic mass is 10.2. The van der Waals surface area contributed by atoms with Gasteiger partial charge in [-0.1, -0.05) is 6.07 Å². The van der Waals surface area contributed by atoms with Crippen molar-refractivity contribution in [2.75, 3.05) is 17.6 Å². The van der Waals surface area contributed by atoms with Crippen molar-refractivity contribution in [2.24, 2.45) is 0 Å². The van der Waals surface area contributed by atoms with Crippen LogP contribution in [0.5, 0.6) is 11.5 Å². The van der Waals surface area contributed by atoms with Gasteiger partial charge in [-0.2, -0.15) is 0 Å². The van der Waals surface area contributed by atoms with Gasteiger partial charge >= 0.3 is 0 Å². The molecule has 0 radical (unpaired) electrons. The zero-order chi connectivity index (χ0) is 18.9. The lowest BCUT2D eigenvalue weighted by Crippen LogP contribution is -2.06. The van der Waals surface area contributed by atoms with Gasteiger partial charge in [0.1, 0.15) is 11.5 Å². The Labute approximate surface area is 153 Å². The predicted molar refractivity (Wildman–Crippen MR) is 105 cm³/mol. The number of nitrogens with one attached hydrogen (secondary N) is 1. The third-order valence-electron chi connectivity index (χ3n) is 4.03. The molecule has 2 aromatic carbocycles. The highest BCUT2D eigenvalue weighted by Crippen LogP contribution is 2.23. The molecule has 3 rings (SSSR count). The van der Waals surface area contributed by atoms with Crippen molar-refractivity contribution in [1.82, 2.24) is 9.55 Å². The van der Waals surface area contributed by atoms with E-state index in [1.54, 1.807) is 19.2 Å². The second-order valence-corrected chi connectivity index (χ2v) is 6.07. The van der Waals surface area contributed by atoms with E-state index >= 15 is 0 Å².